The van der Waals surface area contributed by atoms with E-state index in [1.807, 2.05) is 0 Å². The summed E-state index contributed by atoms with van der Waals surface area (Å²) in [5, 5.41) is 0. The first-order valence-electron chi connectivity index (χ1n) is 5.64. The van der Waals surface area contributed by atoms with Crippen LogP contribution in [0.1, 0.15) is 40.0 Å². The Morgan fingerprint density at radius 3 is 2.77 bits per heavy atom. The number of hydrogen-bond acceptors (Lipinski definition) is 2. The molecule has 2 nitrogen and oxygen atoms in total. The Hall–Kier alpha value is -0.0800. The molecule has 78 valence electrons. The molecule has 0 spiro atoms. The van der Waals surface area contributed by atoms with Crippen LogP contribution in [0.5, 0.6) is 0 Å². The molecule has 1 rings (SSSR count). The number of piperidine rings is 1. The minimum Gasteiger partial charge on any atom is -0.327 e. The molecule has 3 atom stereocenters. The molecule has 0 amide bonds. The first-order valence-corrected chi connectivity index (χ1v) is 5.64. The first-order chi connectivity index (χ1) is 6.15. The van der Waals surface area contributed by atoms with Crippen LogP contribution < -0.4 is 5.73 Å². The van der Waals surface area contributed by atoms with Crippen molar-refractivity contribution in [3.63, 3.8) is 0 Å². The van der Waals surface area contributed by atoms with Crippen molar-refractivity contribution in [2.45, 2.75) is 52.1 Å². The smallest absolute Gasteiger partial charge is 0.00889 e. The van der Waals surface area contributed by atoms with Crippen molar-refractivity contribution in [2.24, 2.45) is 11.7 Å². The van der Waals surface area contributed by atoms with Crippen molar-refractivity contribution < 1.29 is 0 Å². The van der Waals surface area contributed by atoms with Gasteiger partial charge >= 0.3 is 0 Å². The summed E-state index contributed by atoms with van der Waals surface area (Å²) < 4.78 is 0. The largest absolute Gasteiger partial charge is 0.327 e. The Kier molecular flexibility index (Phi) is 4.20. The fraction of sp³-hybridized carbons (Fsp3) is 1.00. The quantitative estimate of drug-likeness (QED) is 0.725. The molecular formula is C11H24N2. The molecule has 0 aromatic heterocycles. The van der Waals surface area contributed by atoms with Crippen LogP contribution in [-0.4, -0.2) is 30.1 Å². The Bertz CT molecular complexity index is 147. The van der Waals surface area contributed by atoms with Crippen molar-refractivity contribution in [2.75, 3.05) is 13.1 Å². The average Bonchev–Trinajstić information content (AvgIpc) is 2.10. The highest BCUT2D eigenvalue weighted by atomic mass is 15.2. The van der Waals surface area contributed by atoms with E-state index in [4.69, 9.17) is 5.73 Å². The van der Waals surface area contributed by atoms with Crippen molar-refractivity contribution in [1.29, 1.82) is 0 Å². The molecule has 1 fully saturated rings. The molecule has 13 heavy (non-hydrogen) atoms. The van der Waals surface area contributed by atoms with Gasteiger partial charge < -0.3 is 10.6 Å². The maximum absolute atomic E-state index is 5.99. The minimum absolute atomic E-state index is 0.435. The molecular weight excluding hydrogens is 160 g/mol. The summed E-state index contributed by atoms with van der Waals surface area (Å²) in [5.41, 5.74) is 5.99. The van der Waals surface area contributed by atoms with Crippen molar-refractivity contribution in [3.05, 3.63) is 0 Å². The lowest BCUT2D eigenvalue weighted by Crippen LogP contribution is -2.48. The van der Waals surface area contributed by atoms with Crippen LogP contribution in [0.3, 0.4) is 0 Å². The van der Waals surface area contributed by atoms with Gasteiger partial charge in [0.15, 0.2) is 0 Å². The van der Waals surface area contributed by atoms with Crippen LogP contribution in [0.2, 0.25) is 0 Å². The van der Waals surface area contributed by atoms with Crippen LogP contribution >= 0.6 is 0 Å². The zero-order valence-electron chi connectivity index (χ0n) is 9.29. The van der Waals surface area contributed by atoms with E-state index in [1.165, 1.54) is 32.4 Å². The fourth-order valence-electron chi connectivity index (χ4n) is 2.20. The Balaban J connectivity index is 2.36. The Morgan fingerprint density at radius 1 is 1.54 bits per heavy atom. The van der Waals surface area contributed by atoms with Gasteiger partial charge in [0.25, 0.3) is 0 Å². The summed E-state index contributed by atoms with van der Waals surface area (Å²) in [6.45, 7) is 9.27. The van der Waals surface area contributed by atoms with E-state index >= 15 is 0 Å². The van der Waals surface area contributed by atoms with Crippen molar-refractivity contribution >= 4 is 0 Å². The molecule has 2 N–H and O–H groups in total. The fourth-order valence-corrected chi connectivity index (χ4v) is 2.20. The number of nitrogens with two attached hydrogens (primary N) is 1. The van der Waals surface area contributed by atoms with Gasteiger partial charge in [-0.2, -0.15) is 0 Å². The number of hydrogen-bond donors (Lipinski definition) is 1. The van der Waals surface area contributed by atoms with E-state index in [0.29, 0.717) is 12.0 Å². The molecule has 1 aliphatic heterocycles. The molecule has 1 heterocycles. The Labute approximate surface area is 82.5 Å². The standard InChI is InChI=1S/C11H24N2/c1-4-5-10(3)13-7-6-11(12)9(2)8-13/h9-11H,4-8,12H2,1-3H3. The van der Waals surface area contributed by atoms with Gasteiger partial charge in [-0.05, 0) is 32.2 Å². The topological polar surface area (TPSA) is 29.3 Å². The number of nitrogens with zero attached hydrogens (tertiary/aromatic N) is 1. The van der Waals surface area contributed by atoms with E-state index in [-0.39, 0.29) is 0 Å². The second kappa shape index (κ2) is 4.97. The van der Waals surface area contributed by atoms with Crippen LogP contribution in [0.4, 0.5) is 0 Å². The van der Waals surface area contributed by atoms with Crippen LogP contribution in [-0.2, 0) is 0 Å². The third kappa shape index (κ3) is 2.96. The molecule has 1 saturated heterocycles. The van der Waals surface area contributed by atoms with Crippen LogP contribution in [0.25, 0.3) is 0 Å². The number of likely N-dealkylation sites (tertiary alicyclic amines) is 1. The maximum atomic E-state index is 5.99. The lowest BCUT2D eigenvalue weighted by Gasteiger charge is -2.38. The lowest BCUT2D eigenvalue weighted by molar-refractivity contribution is 0.118. The summed E-state index contributed by atoms with van der Waals surface area (Å²) in [7, 11) is 0. The molecule has 3 unspecified atom stereocenters. The summed E-state index contributed by atoms with van der Waals surface area (Å²) in [5.74, 6) is 0.674. The predicted molar refractivity (Wildman–Crippen MR) is 57.7 cm³/mol. The summed E-state index contributed by atoms with van der Waals surface area (Å²) in [6.07, 6.45) is 3.79. The monoisotopic (exact) mass is 184 g/mol. The predicted octanol–water partition coefficient (Wildman–Crippen LogP) is 1.84. The molecule has 1 aliphatic rings. The highest BCUT2D eigenvalue weighted by molar-refractivity contribution is 4.82. The van der Waals surface area contributed by atoms with Crippen LogP contribution in [0, 0.1) is 5.92 Å². The zero-order chi connectivity index (χ0) is 9.84. The lowest BCUT2D eigenvalue weighted by atomic mass is 9.93. The van der Waals surface area contributed by atoms with Gasteiger partial charge in [0, 0.05) is 18.6 Å². The van der Waals surface area contributed by atoms with E-state index in [0.717, 1.165) is 6.04 Å². The van der Waals surface area contributed by atoms with E-state index in [1.54, 1.807) is 0 Å². The highest BCUT2D eigenvalue weighted by Crippen LogP contribution is 2.18. The molecule has 0 aromatic carbocycles. The number of rotatable bonds is 3. The summed E-state index contributed by atoms with van der Waals surface area (Å²) >= 11 is 0. The van der Waals surface area contributed by atoms with Crippen molar-refractivity contribution in [1.82, 2.24) is 4.90 Å². The highest BCUT2D eigenvalue weighted by Gasteiger charge is 2.25. The normalized spacial score (nSPS) is 33.2. The van der Waals surface area contributed by atoms with E-state index < -0.39 is 0 Å². The SMILES string of the molecule is CCCC(C)N1CCC(N)C(C)C1. The second-order valence-electron chi connectivity index (χ2n) is 4.56. The van der Waals surface area contributed by atoms with Crippen LogP contribution in [0.15, 0.2) is 0 Å². The van der Waals surface area contributed by atoms with Gasteiger partial charge in [0.05, 0.1) is 0 Å². The first kappa shape index (κ1) is 11.0. The maximum Gasteiger partial charge on any atom is 0.00889 e. The van der Waals surface area contributed by atoms with Crippen molar-refractivity contribution in [3.8, 4) is 0 Å². The summed E-state index contributed by atoms with van der Waals surface area (Å²) in [4.78, 5) is 2.59. The van der Waals surface area contributed by atoms with Gasteiger partial charge in [-0.3, -0.25) is 0 Å². The van der Waals surface area contributed by atoms with E-state index in [2.05, 4.69) is 25.7 Å². The Morgan fingerprint density at radius 2 is 2.23 bits per heavy atom. The third-order valence-corrected chi connectivity index (χ3v) is 3.33. The van der Waals surface area contributed by atoms with E-state index in [9.17, 15) is 0 Å². The van der Waals surface area contributed by atoms with Gasteiger partial charge in [-0.1, -0.05) is 20.3 Å². The van der Waals surface area contributed by atoms with Gasteiger partial charge in [0.1, 0.15) is 0 Å². The average molecular weight is 184 g/mol. The van der Waals surface area contributed by atoms with Gasteiger partial charge in [0.2, 0.25) is 0 Å². The van der Waals surface area contributed by atoms with Gasteiger partial charge in [-0.15, -0.1) is 0 Å². The second-order valence-corrected chi connectivity index (χ2v) is 4.56. The third-order valence-electron chi connectivity index (χ3n) is 3.33. The molecule has 0 aliphatic carbocycles. The van der Waals surface area contributed by atoms with Gasteiger partial charge in [-0.25, -0.2) is 0 Å². The molecule has 0 bridgehead atoms. The molecule has 2 heteroatoms. The summed E-state index contributed by atoms with van der Waals surface area (Å²) in [6, 6.07) is 1.19. The molecule has 0 radical (unpaired) electrons. The minimum atomic E-state index is 0.435. The molecule has 0 aromatic rings. The zero-order valence-corrected chi connectivity index (χ0v) is 9.29. The molecule has 0 saturated carbocycles.